The number of anilines is 1. The predicted octanol–water partition coefficient (Wildman–Crippen LogP) is 4.83. The zero-order chi connectivity index (χ0) is 19.7. The van der Waals surface area contributed by atoms with Crippen molar-refractivity contribution in [3.63, 3.8) is 0 Å². The van der Waals surface area contributed by atoms with E-state index in [9.17, 15) is 10.1 Å². The highest BCUT2D eigenvalue weighted by Gasteiger charge is 2.21. The average molecular weight is 395 g/mol. The molecule has 1 aromatic heterocycles. The SMILES string of the molecule is Cc1cc2nc(/C=C/c3ccc(N4CCOCC4)c([N+](=O)[O-])c3)sc2cc1C. The van der Waals surface area contributed by atoms with E-state index in [1.54, 1.807) is 17.4 Å². The van der Waals surface area contributed by atoms with E-state index in [2.05, 4.69) is 31.0 Å². The van der Waals surface area contributed by atoms with Crippen LogP contribution in [0.4, 0.5) is 11.4 Å². The van der Waals surface area contributed by atoms with E-state index < -0.39 is 0 Å². The molecule has 3 aromatic rings. The van der Waals surface area contributed by atoms with E-state index in [-0.39, 0.29) is 10.6 Å². The summed E-state index contributed by atoms with van der Waals surface area (Å²) >= 11 is 1.62. The molecule has 6 nitrogen and oxygen atoms in total. The van der Waals surface area contributed by atoms with Crippen LogP contribution in [0, 0.1) is 24.0 Å². The number of nitro groups is 1. The third-order valence-electron chi connectivity index (χ3n) is 4.99. The maximum atomic E-state index is 11.6. The molecule has 2 aromatic carbocycles. The van der Waals surface area contributed by atoms with Crippen molar-refractivity contribution in [3.05, 3.63) is 62.1 Å². The van der Waals surface area contributed by atoms with Crippen LogP contribution in [0.5, 0.6) is 0 Å². The molecule has 1 saturated heterocycles. The zero-order valence-electron chi connectivity index (χ0n) is 15.8. The smallest absolute Gasteiger partial charge is 0.293 e. The summed E-state index contributed by atoms with van der Waals surface area (Å²) in [5.74, 6) is 0. The molecule has 0 aliphatic carbocycles. The molecule has 0 radical (unpaired) electrons. The fourth-order valence-electron chi connectivity index (χ4n) is 3.30. The zero-order valence-corrected chi connectivity index (χ0v) is 16.7. The Labute approximate surface area is 167 Å². The molecule has 7 heteroatoms. The average Bonchev–Trinajstić information content (AvgIpc) is 3.08. The van der Waals surface area contributed by atoms with Crippen LogP contribution in [0.3, 0.4) is 0 Å². The molecular weight excluding hydrogens is 374 g/mol. The summed E-state index contributed by atoms with van der Waals surface area (Å²) in [7, 11) is 0. The number of rotatable bonds is 4. The normalized spacial score (nSPS) is 14.9. The number of aryl methyl sites for hydroxylation is 2. The lowest BCUT2D eigenvalue weighted by Crippen LogP contribution is -2.36. The summed E-state index contributed by atoms with van der Waals surface area (Å²) in [5, 5.41) is 12.5. The van der Waals surface area contributed by atoms with Crippen LogP contribution in [-0.2, 0) is 4.74 Å². The Kier molecular flexibility index (Phi) is 5.11. The maximum Gasteiger partial charge on any atom is 0.293 e. The molecule has 1 aliphatic heterocycles. The summed E-state index contributed by atoms with van der Waals surface area (Å²) in [6.07, 6.45) is 3.80. The van der Waals surface area contributed by atoms with Crippen molar-refractivity contribution in [2.45, 2.75) is 13.8 Å². The van der Waals surface area contributed by atoms with Gasteiger partial charge in [0.05, 0.1) is 28.4 Å². The molecule has 1 aliphatic rings. The molecule has 0 saturated carbocycles. The highest BCUT2D eigenvalue weighted by molar-refractivity contribution is 7.19. The van der Waals surface area contributed by atoms with Crippen molar-refractivity contribution in [2.75, 3.05) is 31.2 Å². The van der Waals surface area contributed by atoms with Gasteiger partial charge >= 0.3 is 0 Å². The van der Waals surface area contributed by atoms with Gasteiger partial charge < -0.3 is 9.64 Å². The number of nitro benzene ring substituents is 1. The van der Waals surface area contributed by atoms with Crippen LogP contribution in [0.1, 0.15) is 21.7 Å². The minimum Gasteiger partial charge on any atom is -0.378 e. The van der Waals surface area contributed by atoms with E-state index in [0.717, 1.165) is 20.8 Å². The molecule has 0 bridgehead atoms. The third kappa shape index (κ3) is 3.76. The molecule has 0 amide bonds. The second kappa shape index (κ2) is 7.69. The van der Waals surface area contributed by atoms with Crippen LogP contribution in [0.15, 0.2) is 30.3 Å². The van der Waals surface area contributed by atoms with Crippen molar-refractivity contribution in [3.8, 4) is 0 Å². The van der Waals surface area contributed by atoms with Gasteiger partial charge in [-0.05, 0) is 54.8 Å². The molecule has 144 valence electrons. The molecule has 0 N–H and O–H groups in total. The Bertz CT molecular complexity index is 1030. The Morgan fingerprint density at radius 2 is 1.89 bits per heavy atom. The standard InChI is InChI=1S/C21H21N3O3S/c1-14-11-17-20(12-15(14)2)28-21(22-17)6-4-16-3-5-18(19(13-16)24(25)26)23-7-9-27-10-8-23/h3-6,11-13H,7-10H2,1-2H3/b6-4+. The lowest BCUT2D eigenvalue weighted by atomic mass is 10.1. The Balaban J connectivity index is 1.62. The highest BCUT2D eigenvalue weighted by Crippen LogP contribution is 2.31. The fraction of sp³-hybridized carbons (Fsp3) is 0.286. The minimum atomic E-state index is -0.314. The number of benzene rings is 2. The molecule has 2 heterocycles. The van der Waals surface area contributed by atoms with E-state index in [4.69, 9.17) is 4.74 Å². The molecule has 0 atom stereocenters. The molecule has 1 fully saturated rings. The van der Waals surface area contributed by atoms with Gasteiger partial charge in [-0.1, -0.05) is 12.1 Å². The maximum absolute atomic E-state index is 11.6. The second-order valence-electron chi connectivity index (χ2n) is 6.89. The van der Waals surface area contributed by atoms with Gasteiger partial charge in [-0.25, -0.2) is 4.98 Å². The number of hydrogen-bond donors (Lipinski definition) is 0. The Morgan fingerprint density at radius 1 is 1.14 bits per heavy atom. The number of fused-ring (bicyclic) bond motifs is 1. The van der Waals surface area contributed by atoms with Gasteiger partial charge in [0.15, 0.2) is 0 Å². The molecular formula is C21H21N3O3S. The number of aromatic nitrogens is 1. The summed E-state index contributed by atoms with van der Waals surface area (Å²) in [4.78, 5) is 17.9. The third-order valence-corrected chi connectivity index (χ3v) is 5.97. The van der Waals surface area contributed by atoms with Gasteiger partial charge in [0, 0.05) is 19.2 Å². The highest BCUT2D eigenvalue weighted by atomic mass is 32.1. The van der Waals surface area contributed by atoms with Gasteiger partial charge in [0.2, 0.25) is 0 Å². The molecule has 4 rings (SSSR count). The van der Waals surface area contributed by atoms with Crippen LogP contribution >= 0.6 is 11.3 Å². The summed E-state index contributed by atoms with van der Waals surface area (Å²) in [6.45, 7) is 6.70. The number of morpholine rings is 1. The van der Waals surface area contributed by atoms with E-state index in [1.165, 1.54) is 11.1 Å². The lowest BCUT2D eigenvalue weighted by Gasteiger charge is -2.28. The summed E-state index contributed by atoms with van der Waals surface area (Å²) < 4.78 is 6.49. The topological polar surface area (TPSA) is 68.5 Å². The molecule has 0 unspecified atom stereocenters. The van der Waals surface area contributed by atoms with Crippen LogP contribution < -0.4 is 4.90 Å². The van der Waals surface area contributed by atoms with Gasteiger partial charge in [-0.15, -0.1) is 11.3 Å². The summed E-state index contributed by atoms with van der Waals surface area (Å²) in [5.41, 5.74) is 5.02. The monoisotopic (exact) mass is 395 g/mol. The number of thiazole rings is 1. The second-order valence-corrected chi connectivity index (χ2v) is 7.96. The first-order chi connectivity index (χ1) is 13.5. The predicted molar refractivity (Wildman–Crippen MR) is 114 cm³/mol. The molecule has 0 spiro atoms. The van der Waals surface area contributed by atoms with Gasteiger partial charge in [-0.2, -0.15) is 0 Å². The summed E-state index contributed by atoms with van der Waals surface area (Å²) in [6, 6.07) is 9.62. The number of ether oxygens (including phenoxy) is 1. The van der Waals surface area contributed by atoms with Crippen LogP contribution in [-0.4, -0.2) is 36.2 Å². The first-order valence-corrected chi connectivity index (χ1v) is 10.00. The van der Waals surface area contributed by atoms with Crippen molar-refractivity contribution in [1.82, 2.24) is 4.98 Å². The van der Waals surface area contributed by atoms with Gasteiger partial charge in [-0.3, -0.25) is 10.1 Å². The van der Waals surface area contributed by atoms with Crippen LogP contribution in [0.2, 0.25) is 0 Å². The number of hydrogen-bond acceptors (Lipinski definition) is 6. The van der Waals surface area contributed by atoms with E-state index >= 15 is 0 Å². The molecule has 28 heavy (non-hydrogen) atoms. The van der Waals surface area contributed by atoms with Crippen molar-refractivity contribution in [1.29, 1.82) is 0 Å². The first kappa shape index (κ1) is 18.6. The Morgan fingerprint density at radius 3 is 2.64 bits per heavy atom. The van der Waals surface area contributed by atoms with Crippen molar-refractivity contribution in [2.24, 2.45) is 0 Å². The van der Waals surface area contributed by atoms with Crippen LogP contribution in [0.25, 0.3) is 22.4 Å². The quantitative estimate of drug-likeness (QED) is 0.468. The number of nitrogens with zero attached hydrogens (tertiary/aromatic N) is 3. The first-order valence-electron chi connectivity index (χ1n) is 9.18. The Hall–Kier alpha value is -2.77. The fourth-order valence-corrected chi connectivity index (χ4v) is 4.25. The van der Waals surface area contributed by atoms with E-state index in [1.807, 2.05) is 29.2 Å². The van der Waals surface area contributed by atoms with E-state index in [0.29, 0.717) is 32.0 Å². The van der Waals surface area contributed by atoms with Gasteiger partial charge in [0.1, 0.15) is 10.7 Å². The lowest BCUT2D eigenvalue weighted by molar-refractivity contribution is -0.384. The van der Waals surface area contributed by atoms with Gasteiger partial charge in [0.25, 0.3) is 5.69 Å². The van der Waals surface area contributed by atoms with Crippen molar-refractivity contribution < 1.29 is 9.66 Å². The largest absolute Gasteiger partial charge is 0.378 e. The van der Waals surface area contributed by atoms with Crippen molar-refractivity contribution >= 4 is 45.1 Å². The minimum absolute atomic E-state index is 0.125.